The summed E-state index contributed by atoms with van der Waals surface area (Å²) in [4.78, 5) is 15.8. The second kappa shape index (κ2) is 7.93. The minimum absolute atomic E-state index is 0.00168. The molecule has 1 fully saturated rings. The highest BCUT2D eigenvalue weighted by Gasteiger charge is 2.17. The molecule has 0 saturated heterocycles. The van der Waals surface area contributed by atoms with Gasteiger partial charge in [-0.3, -0.25) is 4.79 Å². The Balaban J connectivity index is 1.81. The summed E-state index contributed by atoms with van der Waals surface area (Å²) in [6.07, 6.45) is 6.36. The topological polar surface area (TPSA) is 63.2 Å². The Morgan fingerprint density at radius 3 is 2.95 bits per heavy atom. The number of ether oxygens (including phenoxy) is 1. The fourth-order valence-corrected chi connectivity index (χ4v) is 2.45. The number of pyridine rings is 1. The van der Waals surface area contributed by atoms with Crippen molar-refractivity contribution in [2.45, 2.75) is 38.7 Å². The summed E-state index contributed by atoms with van der Waals surface area (Å²) >= 11 is 0. The van der Waals surface area contributed by atoms with Gasteiger partial charge in [0.15, 0.2) is 11.6 Å². The van der Waals surface area contributed by atoms with E-state index in [4.69, 9.17) is 4.74 Å². The van der Waals surface area contributed by atoms with Gasteiger partial charge < -0.3 is 15.4 Å². The number of carbonyl (C=O) groups excluding carboxylic acids is 1. The summed E-state index contributed by atoms with van der Waals surface area (Å²) in [5.74, 6) is -0.954. The van der Waals surface area contributed by atoms with Crippen LogP contribution in [0.2, 0.25) is 0 Å². The number of rotatable bonds is 7. The largest absolute Gasteiger partial charge is 0.376 e. The van der Waals surface area contributed by atoms with Crippen molar-refractivity contribution in [1.82, 2.24) is 10.3 Å². The molecule has 0 aromatic carbocycles. The van der Waals surface area contributed by atoms with Crippen LogP contribution in [0.1, 0.15) is 43.0 Å². The maximum atomic E-state index is 14.0. The summed E-state index contributed by atoms with van der Waals surface area (Å²) in [5, 5.41) is 5.46. The summed E-state index contributed by atoms with van der Waals surface area (Å²) in [7, 11) is 0. The Bertz CT molecular complexity index is 476. The van der Waals surface area contributed by atoms with Crippen LogP contribution in [-0.4, -0.2) is 36.7 Å². The zero-order valence-corrected chi connectivity index (χ0v) is 12.3. The average molecular weight is 295 g/mol. The number of anilines is 1. The fraction of sp³-hybridized carbons (Fsp3) is 0.600. The predicted molar refractivity (Wildman–Crippen MR) is 78.9 cm³/mol. The van der Waals surface area contributed by atoms with Crippen LogP contribution in [0, 0.1) is 5.82 Å². The summed E-state index contributed by atoms with van der Waals surface area (Å²) in [6.45, 7) is 3.23. The number of hydrogen-bond acceptors (Lipinski definition) is 4. The lowest BCUT2D eigenvalue weighted by Crippen LogP contribution is -2.29. The molecule has 0 bridgehead atoms. The number of nitrogens with one attached hydrogen (secondary N) is 2. The van der Waals surface area contributed by atoms with Crippen LogP contribution < -0.4 is 10.6 Å². The van der Waals surface area contributed by atoms with Crippen LogP contribution in [0.15, 0.2) is 12.3 Å². The molecule has 1 aliphatic carbocycles. The maximum absolute atomic E-state index is 14.0. The minimum atomic E-state index is -0.617. The van der Waals surface area contributed by atoms with Crippen molar-refractivity contribution in [1.29, 1.82) is 0 Å². The van der Waals surface area contributed by atoms with E-state index in [-0.39, 0.29) is 11.4 Å². The zero-order valence-electron chi connectivity index (χ0n) is 12.3. The van der Waals surface area contributed by atoms with Gasteiger partial charge in [0.2, 0.25) is 0 Å². The van der Waals surface area contributed by atoms with Gasteiger partial charge in [-0.1, -0.05) is 12.8 Å². The van der Waals surface area contributed by atoms with Crippen molar-refractivity contribution in [2.24, 2.45) is 0 Å². The van der Waals surface area contributed by atoms with Gasteiger partial charge in [0.25, 0.3) is 5.91 Å². The molecule has 0 spiro atoms. The van der Waals surface area contributed by atoms with E-state index in [1.807, 2.05) is 6.92 Å². The predicted octanol–water partition coefficient (Wildman–Crippen LogP) is 2.34. The van der Waals surface area contributed by atoms with Gasteiger partial charge in [-0.25, -0.2) is 9.37 Å². The van der Waals surface area contributed by atoms with Crippen molar-refractivity contribution >= 4 is 11.7 Å². The number of aromatic nitrogens is 1. The Hall–Kier alpha value is -1.69. The van der Waals surface area contributed by atoms with Crippen LogP contribution in [-0.2, 0) is 4.74 Å². The van der Waals surface area contributed by atoms with E-state index < -0.39 is 11.7 Å². The molecule has 1 heterocycles. The Labute approximate surface area is 124 Å². The summed E-state index contributed by atoms with van der Waals surface area (Å²) in [5.41, 5.74) is 0.00168. The molecule has 1 aliphatic rings. The molecule has 1 aromatic rings. The normalized spacial score (nSPS) is 15.1. The molecule has 1 saturated carbocycles. The van der Waals surface area contributed by atoms with Crippen molar-refractivity contribution in [3.8, 4) is 0 Å². The Morgan fingerprint density at radius 2 is 2.24 bits per heavy atom. The third-order valence-corrected chi connectivity index (χ3v) is 3.52. The van der Waals surface area contributed by atoms with E-state index in [9.17, 15) is 9.18 Å². The molecule has 2 N–H and O–H groups in total. The summed E-state index contributed by atoms with van der Waals surface area (Å²) in [6, 6.07) is 1.38. The lowest BCUT2D eigenvalue weighted by molar-refractivity contribution is 0.0581. The van der Waals surface area contributed by atoms with Crippen molar-refractivity contribution in [2.75, 3.05) is 25.0 Å². The number of amides is 1. The molecule has 21 heavy (non-hydrogen) atoms. The molecule has 1 amide bonds. The second-order valence-electron chi connectivity index (χ2n) is 5.08. The third kappa shape index (κ3) is 4.39. The first-order valence-electron chi connectivity index (χ1n) is 7.50. The molecule has 0 atom stereocenters. The lowest BCUT2D eigenvalue weighted by Gasteiger charge is -2.12. The van der Waals surface area contributed by atoms with Gasteiger partial charge in [0.1, 0.15) is 0 Å². The molecule has 1 aromatic heterocycles. The highest BCUT2D eigenvalue weighted by Crippen LogP contribution is 2.20. The van der Waals surface area contributed by atoms with E-state index in [0.29, 0.717) is 25.8 Å². The number of nitrogens with zero attached hydrogens (tertiary/aromatic N) is 1. The van der Waals surface area contributed by atoms with Gasteiger partial charge >= 0.3 is 0 Å². The molecular weight excluding hydrogens is 273 g/mol. The van der Waals surface area contributed by atoms with Crippen LogP contribution in [0.4, 0.5) is 10.2 Å². The number of hydrogen-bond donors (Lipinski definition) is 2. The first-order chi connectivity index (χ1) is 10.2. The summed E-state index contributed by atoms with van der Waals surface area (Å²) < 4.78 is 19.7. The highest BCUT2D eigenvalue weighted by atomic mass is 19.1. The molecule has 0 radical (unpaired) electrons. The van der Waals surface area contributed by atoms with E-state index in [2.05, 4.69) is 15.6 Å². The first kappa shape index (κ1) is 15.7. The molecule has 5 nitrogen and oxygen atoms in total. The smallest absolute Gasteiger partial charge is 0.254 e. The van der Waals surface area contributed by atoms with E-state index >= 15 is 0 Å². The van der Waals surface area contributed by atoms with E-state index in [0.717, 1.165) is 12.8 Å². The first-order valence-corrected chi connectivity index (χ1v) is 7.50. The zero-order chi connectivity index (χ0) is 15.1. The van der Waals surface area contributed by atoms with E-state index in [1.54, 1.807) is 0 Å². The van der Waals surface area contributed by atoms with E-state index in [1.165, 1.54) is 25.1 Å². The SMILES string of the molecule is CCNc1nccc(C(=O)NCCOC2CCCC2)c1F. The average Bonchev–Trinajstić information content (AvgIpc) is 2.99. The van der Waals surface area contributed by atoms with Crippen LogP contribution >= 0.6 is 0 Å². The van der Waals surface area contributed by atoms with Crippen molar-refractivity contribution in [3.63, 3.8) is 0 Å². The molecular formula is C15H22FN3O2. The lowest BCUT2D eigenvalue weighted by atomic mass is 10.2. The molecule has 0 aliphatic heterocycles. The Morgan fingerprint density at radius 1 is 1.48 bits per heavy atom. The monoisotopic (exact) mass is 295 g/mol. The number of halogens is 1. The minimum Gasteiger partial charge on any atom is -0.376 e. The highest BCUT2D eigenvalue weighted by molar-refractivity contribution is 5.95. The van der Waals surface area contributed by atoms with Gasteiger partial charge in [-0.15, -0.1) is 0 Å². The molecule has 116 valence electrons. The molecule has 6 heteroatoms. The van der Waals surface area contributed by atoms with Gasteiger partial charge in [-0.2, -0.15) is 0 Å². The quantitative estimate of drug-likeness (QED) is 0.758. The van der Waals surface area contributed by atoms with Crippen molar-refractivity contribution < 1.29 is 13.9 Å². The second-order valence-corrected chi connectivity index (χ2v) is 5.08. The standard InChI is InChI=1S/C15H22FN3O2/c1-2-17-14-13(16)12(7-8-18-14)15(20)19-9-10-21-11-5-3-4-6-11/h7-8,11H,2-6,9-10H2,1H3,(H,17,18)(H,19,20). The fourth-order valence-electron chi connectivity index (χ4n) is 2.45. The van der Waals surface area contributed by atoms with Crippen LogP contribution in [0.3, 0.4) is 0 Å². The molecule has 2 rings (SSSR count). The Kier molecular flexibility index (Phi) is 5.92. The molecule has 0 unspecified atom stereocenters. The van der Waals surface area contributed by atoms with Crippen LogP contribution in [0.25, 0.3) is 0 Å². The van der Waals surface area contributed by atoms with Gasteiger partial charge in [0, 0.05) is 19.3 Å². The number of carbonyl (C=O) groups is 1. The van der Waals surface area contributed by atoms with Gasteiger partial charge in [-0.05, 0) is 25.8 Å². The maximum Gasteiger partial charge on any atom is 0.254 e. The van der Waals surface area contributed by atoms with Gasteiger partial charge in [0.05, 0.1) is 18.3 Å². The van der Waals surface area contributed by atoms with Crippen LogP contribution in [0.5, 0.6) is 0 Å². The van der Waals surface area contributed by atoms with Crippen molar-refractivity contribution in [3.05, 3.63) is 23.6 Å². The third-order valence-electron chi connectivity index (χ3n) is 3.52.